The zero-order valence-electron chi connectivity index (χ0n) is 10.7. The highest BCUT2D eigenvalue weighted by Crippen LogP contribution is 2.17. The number of nitrogens with two attached hydrogens (primary N) is 1. The molecule has 2 N–H and O–H groups in total. The molecule has 5 heteroatoms. The van der Waals surface area contributed by atoms with Crippen LogP contribution in [0.15, 0.2) is 22.7 Å². The summed E-state index contributed by atoms with van der Waals surface area (Å²) in [5, 5.41) is 0. The predicted octanol–water partition coefficient (Wildman–Crippen LogP) is 2.80. The lowest BCUT2D eigenvalue weighted by Crippen LogP contribution is -2.38. The predicted molar refractivity (Wildman–Crippen MR) is 71.6 cm³/mol. The van der Waals surface area contributed by atoms with Gasteiger partial charge in [0.25, 0.3) is 0 Å². The fourth-order valence-corrected chi connectivity index (χ4v) is 1.96. The lowest BCUT2D eigenvalue weighted by atomic mass is 10.1. The van der Waals surface area contributed by atoms with Crippen LogP contribution in [0.25, 0.3) is 0 Å². The summed E-state index contributed by atoms with van der Waals surface area (Å²) in [6.45, 7) is 5.32. The van der Waals surface area contributed by atoms with E-state index in [0.29, 0.717) is 10.0 Å². The first-order chi connectivity index (χ1) is 8.17. The Morgan fingerprint density at radius 3 is 2.56 bits per heavy atom. The molecule has 0 heterocycles. The maximum atomic E-state index is 13.2. The second-order valence-electron chi connectivity index (χ2n) is 5.12. The van der Waals surface area contributed by atoms with Gasteiger partial charge < -0.3 is 10.5 Å². The molecule has 1 atom stereocenters. The molecule has 100 valence electrons. The van der Waals surface area contributed by atoms with Gasteiger partial charge in [0.1, 0.15) is 17.5 Å². The van der Waals surface area contributed by atoms with Crippen molar-refractivity contribution in [1.82, 2.24) is 0 Å². The molecule has 0 amide bonds. The van der Waals surface area contributed by atoms with Gasteiger partial charge in [-0.3, -0.25) is 4.79 Å². The Hall–Kier alpha value is -0.940. The first kappa shape index (κ1) is 15.1. The Bertz CT molecular complexity index is 423. The van der Waals surface area contributed by atoms with Crippen molar-refractivity contribution in [3.05, 3.63) is 34.1 Å². The molecule has 0 fully saturated rings. The third-order valence-corrected chi connectivity index (χ3v) is 2.55. The van der Waals surface area contributed by atoms with Crippen LogP contribution in [-0.2, 0) is 16.0 Å². The molecule has 1 rings (SSSR count). The van der Waals surface area contributed by atoms with Crippen molar-refractivity contribution in [1.29, 1.82) is 0 Å². The quantitative estimate of drug-likeness (QED) is 0.872. The number of esters is 1. The molecule has 0 saturated carbocycles. The Morgan fingerprint density at radius 1 is 1.44 bits per heavy atom. The van der Waals surface area contributed by atoms with Crippen LogP contribution in [0.1, 0.15) is 26.3 Å². The number of rotatable bonds is 3. The fourth-order valence-electron chi connectivity index (χ4n) is 1.44. The molecular formula is C13H17BrFNO2. The van der Waals surface area contributed by atoms with Crippen LogP contribution in [-0.4, -0.2) is 17.6 Å². The standard InChI is InChI=1S/C13H17BrFNO2/c1-13(2,3)18-12(17)11(16)6-8-4-9(14)7-10(15)5-8/h4-5,7,11H,6,16H2,1-3H3. The van der Waals surface area contributed by atoms with Gasteiger partial charge in [0.05, 0.1) is 0 Å². The summed E-state index contributed by atoms with van der Waals surface area (Å²) in [6, 6.07) is 3.64. The largest absolute Gasteiger partial charge is 0.459 e. The lowest BCUT2D eigenvalue weighted by molar-refractivity contribution is -0.156. The molecule has 0 aromatic heterocycles. The van der Waals surface area contributed by atoms with Crippen LogP contribution in [0, 0.1) is 5.82 Å². The monoisotopic (exact) mass is 317 g/mol. The Balaban J connectivity index is 2.69. The van der Waals surface area contributed by atoms with Crippen molar-refractivity contribution < 1.29 is 13.9 Å². The van der Waals surface area contributed by atoms with Crippen molar-refractivity contribution >= 4 is 21.9 Å². The first-order valence-corrected chi connectivity index (χ1v) is 6.40. The van der Waals surface area contributed by atoms with E-state index in [-0.39, 0.29) is 12.2 Å². The second-order valence-corrected chi connectivity index (χ2v) is 6.04. The van der Waals surface area contributed by atoms with E-state index in [2.05, 4.69) is 15.9 Å². The molecule has 0 bridgehead atoms. The van der Waals surface area contributed by atoms with Crippen molar-refractivity contribution in [3.8, 4) is 0 Å². The maximum absolute atomic E-state index is 13.2. The molecule has 1 aromatic carbocycles. The zero-order valence-corrected chi connectivity index (χ0v) is 12.3. The average Bonchev–Trinajstić information content (AvgIpc) is 2.12. The first-order valence-electron chi connectivity index (χ1n) is 5.61. The number of carbonyl (C=O) groups is 1. The summed E-state index contributed by atoms with van der Waals surface area (Å²) in [7, 11) is 0. The third kappa shape index (κ3) is 5.14. The number of hydrogen-bond donors (Lipinski definition) is 1. The van der Waals surface area contributed by atoms with Gasteiger partial charge in [0, 0.05) is 4.47 Å². The minimum Gasteiger partial charge on any atom is -0.459 e. The van der Waals surface area contributed by atoms with Crippen LogP contribution in [0.2, 0.25) is 0 Å². The molecule has 0 aliphatic rings. The Kier molecular flexibility index (Phi) is 4.87. The summed E-state index contributed by atoms with van der Waals surface area (Å²) in [5.74, 6) is -0.848. The van der Waals surface area contributed by atoms with Gasteiger partial charge in [-0.1, -0.05) is 15.9 Å². The average molecular weight is 318 g/mol. The van der Waals surface area contributed by atoms with E-state index in [9.17, 15) is 9.18 Å². The lowest BCUT2D eigenvalue weighted by Gasteiger charge is -2.22. The van der Waals surface area contributed by atoms with E-state index in [1.807, 2.05) is 0 Å². The normalized spacial score (nSPS) is 13.2. The molecule has 0 saturated heterocycles. The van der Waals surface area contributed by atoms with Gasteiger partial charge in [0.15, 0.2) is 0 Å². The van der Waals surface area contributed by atoms with Crippen LogP contribution in [0.5, 0.6) is 0 Å². The summed E-state index contributed by atoms with van der Waals surface area (Å²) >= 11 is 3.19. The van der Waals surface area contributed by atoms with Crippen LogP contribution in [0.3, 0.4) is 0 Å². The van der Waals surface area contributed by atoms with E-state index in [1.165, 1.54) is 12.1 Å². The molecule has 0 aliphatic heterocycles. The highest BCUT2D eigenvalue weighted by molar-refractivity contribution is 9.10. The molecule has 0 spiro atoms. The summed E-state index contributed by atoms with van der Waals surface area (Å²) in [6.07, 6.45) is 0.241. The summed E-state index contributed by atoms with van der Waals surface area (Å²) in [5.41, 5.74) is 5.83. The van der Waals surface area contributed by atoms with Crippen molar-refractivity contribution in [3.63, 3.8) is 0 Å². The van der Waals surface area contributed by atoms with Crippen LogP contribution < -0.4 is 5.73 Å². The molecule has 1 aromatic rings. The topological polar surface area (TPSA) is 52.3 Å². The molecule has 3 nitrogen and oxygen atoms in total. The number of benzene rings is 1. The Morgan fingerprint density at radius 2 is 2.06 bits per heavy atom. The summed E-state index contributed by atoms with van der Waals surface area (Å²) < 4.78 is 18.9. The molecule has 0 radical (unpaired) electrons. The minimum atomic E-state index is -0.794. The van der Waals surface area contributed by atoms with Crippen molar-refractivity contribution in [2.24, 2.45) is 5.73 Å². The molecule has 0 aliphatic carbocycles. The Labute approximate surface area is 115 Å². The van der Waals surface area contributed by atoms with Gasteiger partial charge >= 0.3 is 5.97 Å². The van der Waals surface area contributed by atoms with Crippen LogP contribution >= 0.6 is 15.9 Å². The maximum Gasteiger partial charge on any atom is 0.323 e. The van der Waals surface area contributed by atoms with Crippen molar-refractivity contribution in [2.75, 3.05) is 0 Å². The third-order valence-electron chi connectivity index (χ3n) is 2.09. The van der Waals surface area contributed by atoms with Gasteiger partial charge in [0.2, 0.25) is 0 Å². The number of halogens is 2. The van der Waals surface area contributed by atoms with Gasteiger partial charge in [-0.2, -0.15) is 0 Å². The molecule has 18 heavy (non-hydrogen) atoms. The number of ether oxygens (including phenoxy) is 1. The van der Waals surface area contributed by atoms with Gasteiger partial charge in [-0.25, -0.2) is 4.39 Å². The van der Waals surface area contributed by atoms with Crippen LogP contribution in [0.4, 0.5) is 4.39 Å². The molecule has 1 unspecified atom stereocenters. The summed E-state index contributed by atoms with van der Waals surface area (Å²) in [4.78, 5) is 11.7. The number of hydrogen-bond acceptors (Lipinski definition) is 3. The van der Waals surface area contributed by atoms with Gasteiger partial charge in [-0.15, -0.1) is 0 Å². The highest BCUT2D eigenvalue weighted by atomic mass is 79.9. The highest BCUT2D eigenvalue weighted by Gasteiger charge is 2.22. The van der Waals surface area contributed by atoms with E-state index in [0.717, 1.165) is 0 Å². The van der Waals surface area contributed by atoms with E-state index < -0.39 is 17.6 Å². The van der Waals surface area contributed by atoms with Gasteiger partial charge in [-0.05, 0) is 51.0 Å². The van der Waals surface area contributed by atoms with E-state index in [4.69, 9.17) is 10.5 Å². The smallest absolute Gasteiger partial charge is 0.323 e. The van der Waals surface area contributed by atoms with E-state index in [1.54, 1.807) is 26.8 Å². The molecular weight excluding hydrogens is 301 g/mol. The van der Waals surface area contributed by atoms with Crippen molar-refractivity contribution in [2.45, 2.75) is 38.8 Å². The second kappa shape index (κ2) is 5.80. The minimum absolute atomic E-state index is 0.241. The van der Waals surface area contributed by atoms with E-state index >= 15 is 0 Å². The zero-order chi connectivity index (χ0) is 13.9. The SMILES string of the molecule is CC(C)(C)OC(=O)C(N)Cc1cc(F)cc(Br)c1. The number of carbonyl (C=O) groups excluding carboxylic acids is 1. The fraction of sp³-hybridized carbons (Fsp3) is 0.462.